The van der Waals surface area contributed by atoms with Crippen LogP contribution in [0.5, 0.6) is 0 Å². The van der Waals surface area contributed by atoms with Crippen molar-refractivity contribution >= 4 is 11.9 Å². The normalized spacial score (nSPS) is 13.2. The number of carboxylic acids is 1. The van der Waals surface area contributed by atoms with Gasteiger partial charge >= 0.3 is 5.97 Å². The van der Waals surface area contributed by atoms with Gasteiger partial charge in [-0.2, -0.15) is 0 Å². The second-order valence-electron chi connectivity index (χ2n) is 5.93. The summed E-state index contributed by atoms with van der Waals surface area (Å²) < 4.78 is 0. The molecule has 2 N–H and O–H groups in total. The van der Waals surface area contributed by atoms with Crippen molar-refractivity contribution < 1.29 is 14.7 Å². The van der Waals surface area contributed by atoms with E-state index in [4.69, 9.17) is 0 Å². The maximum atomic E-state index is 12.4. The lowest BCUT2D eigenvalue weighted by atomic mass is 9.82. The molecule has 120 valence electrons. The van der Waals surface area contributed by atoms with Crippen LogP contribution >= 0.6 is 0 Å². The predicted molar refractivity (Wildman–Crippen MR) is 89.7 cm³/mol. The van der Waals surface area contributed by atoms with Crippen LogP contribution in [0.4, 0.5) is 0 Å². The van der Waals surface area contributed by atoms with Gasteiger partial charge in [-0.1, -0.05) is 42.5 Å². The highest BCUT2D eigenvalue weighted by Crippen LogP contribution is 2.23. The van der Waals surface area contributed by atoms with Gasteiger partial charge in [-0.15, -0.1) is 0 Å². The highest BCUT2D eigenvalue weighted by molar-refractivity contribution is 5.96. The van der Waals surface area contributed by atoms with Gasteiger partial charge in [0.25, 0.3) is 5.91 Å². The van der Waals surface area contributed by atoms with E-state index in [9.17, 15) is 14.7 Å². The number of rotatable bonds is 5. The Kier molecular flexibility index (Phi) is 4.84. The highest BCUT2D eigenvalue weighted by atomic mass is 16.4. The maximum Gasteiger partial charge on any atom is 0.315 e. The third-order valence-corrected chi connectivity index (χ3v) is 4.33. The molecule has 0 aliphatic heterocycles. The van der Waals surface area contributed by atoms with Crippen molar-refractivity contribution in [1.29, 1.82) is 0 Å². The Bertz CT molecular complexity index is 725. The average molecular weight is 311 g/mol. The number of hydrogen-bond donors (Lipinski definition) is 2. The van der Waals surface area contributed by atoms with E-state index >= 15 is 0 Å². The van der Waals surface area contributed by atoms with Crippen LogP contribution in [0.1, 0.15) is 34.0 Å². The van der Waals surface area contributed by atoms with Crippen molar-refractivity contribution in [3.8, 4) is 0 Å². The van der Waals surface area contributed by atoms with E-state index in [2.05, 4.69) is 5.32 Å². The summed E-state index contributed by atoms with van der Waals surface area (Å²) >= 11 is 0. The molecule has 0 aliphatic carbocycles. The molecular formula is C19H21NO3. The highest BCUT2D eigenvalue weighted by Gasteiger charge is 2.35. The van der Waals surface area contributed by atoms with E-state index in [0.717, 1.165) is 11.1 Å². The van der Waals surface area contributed by atoms with E-state index in [0.29, 0.717) is 11.1 Å². The van der Waals surface area contributed by atoms with E-state index in [-0.39, 0.29) is 12.5 Å². The number of nitrogens with one attached hydrogen (secondary N) is 1. The Labute approximate surface area is 136 Å². The van der Waals surface area contributed by atoms with Crippen LogP contribution in [-0.4, -0.2) is 23.5 Å². The minimum Gasteiger partial charge on any atom is -0.481 e. The molecule has 1 unspecified atom stereocenters. The van der Waals surface area contributed by atoms with Crippen LogP contribution < -0.4 is 5.32 Å². The lowest BCUT2D eigenvalue weighted by molar-refractivity contribution is -0.142. The number of carbonyl (C=O) groups excluding carboxylic acids is 1. The second kappa shape index (κ2) is 6.65. The van der Waals surface area contributed by atoms with E-state index < -0.39 is 11.4 Å². The molecule has 0 aromatic heterocycles. The molecule has 0 heterocycles. The Hall–Kier alpha value is -2.62. The molecule has 2 rings (SSSR count). The van der Waals surface area contributed by atoms with Crippen LogP contribution in [0, 0.1) is 13.8 Å². The molecule has 0 saturated carbocycles. The fraction of sp³-hybridized carbons (Fsp3) is 0.263. The number of aryl methyl sites for hydroxylation is 1. The zero-order valence-electron chi connectivity index (χ0n) is 13.6. The molecule has 0 saturated heterocycles. The standard InChI is InChI=1S/C19H21NO3/c1-13-8-7-11-16(14(13)2)17(21)20-12-19(3,18(22)23)15-9-5-4-6-10-15/h4-11H,12H2,1-3H3,(H,20,21)(H,22,23). The summed E-state index contributed by atoms with van der Waals surface area (Å²) in [6, 6.07) is 14.5. The average Bonchev–Trinajstić information content (AvgIpc) is 2.55. The predicted octanol–water partition coefficient (Wildman–Crippen LogP) is 3.08. The molecule has 0 spiro atoms. The van der Waals surface area contributed by atoms with E-state index in [1.54, 1.807) is 37.3 Å². The van der Waals surface area contributed by atoms with Crippen molar-refractivity contribution in [2.45, 2.75) is 26.2 Å². The third-order valence-electron chi connectivity index (χ3n) is 4.33. The number of carboxylic acid groups (broad SMARTS) is 1. The molecule has 0 radical (unpaired) electrons. The first-order valence-corrected chi connectivity index (χ1v) is 7.49. The van der Waals surface area contributed by atoms with Gasteiger partial charge in [0.1, 0.15) is 5.41 Å². The van der Waals surface area contributed by atoms with Crippen molar-refractivity contribution in [1.82, 2.24) is 5.32 Å². The molecule has 23 heavy (non-hydrogen) atoms. The Balaban J connectivity index is 2.21. The molecule has 1 amide bonds. The summed E-state index contributed by atoms with van der Waals surface area (Å²) in [6.45, 7) is 5.47. The van der Waals surface area contributed by atoms with Crippen molar-refractivity contribution in [2.75, 3.05) is 6.54 Å². The quantitative estimate of drug-likeness (QED) is 0.892. The molecule has 4 nitrogen and oxygen atoms in total. The number of amides is 1. The van der Waals surface area contributed by atoms with E-state index in [1.165, 1.54) is 0 Å². The van der Waals surface area contributed by atoms with Crippen LogP contribution in [-0.2, 0) is 10.2 Å². The van der Waals surface area contributed by atoms with Crippen molar-refractivity contribution in [3.63, 3.8) is 0 Å². The number of aliphatic carboxylic acids is 1. The third kappa shape index (κ3) is 3.42. The lowest BCUT2D eigenvalue weighted by Gasteiger charge is -2.26. The first kappa shape index (κ1) is 16.7. The fourth-order valence-electron chi connectivity index (χ4n) is 2.46. The summed E-state index contributed by atoms with van der Waals surface area (Å²) in [4.78, 5) is 24.2. The smallest absolute Gasteiger partial charge is 0.315 e. The zero-order valence-corrected chi connectivity index (χ0v) is 13.6. The summed E-state index contributed by atoms with van der Waals surface area (Å²) in [5.41, 5.74) is 2.00. The van der Waals surface area contributed by atoms with Crippen LogP contribution in [0.25, 0.3) is 0 Å². The fourth-order valence-corrected chi connectivity index (χ4v) is 2.46. The molecule has 1 atom stereocenters. The monoisotopic (exact) mass is 311 g/mol. The van der Waals surface area contributed by atoms with Gasteiger partial charge in [-0.05, 0) is 43.5 Å². The molecule has 4 heteroatoms. The molecule has 2 aromatic rings. The zero-order chi connectivity index (χ0) is 17.0. The minimum atomic E-state index is -1.17. The largest absolute Gasteiger partial charge is 0.481 e. The van der Waals surface area contributed by atoms with Gasteiger partial charge in [0.15, 0.2) is 0 Å². The van der Waals surface area contributed by atoms with Crippen LogP contribution in [0.3, 0.4) is 0 Å². The molecule has 0 aliphatic rings. The van der Waals surface area contributed by atoms with Gasteiger partial charge in [0, 0.05) is 12.1 Å². The van der Waals surface area contributed by atoms with Crippen molar-refractivity contribution in [3.05, 3.63) is 70.8 Å². The van der Waals surface area contributed by atoms with Gasteiger partial charge in [-0.25, -0.2) is 0 Å². The second-order valence-corrected chi connectivity index (χ2v) is 5.93. The summed E-state index contributed by atoms with van der Waals surface area (Å²) in [5.74, 6) is -1.22. The Morgan fingerprint density at radius 3 is 2.30 bits per heavy atom. The molecular weight excluding hydrogens is 290 g/mol. The summed E-state index contributed by atoms with van der Waals surface area (Å²) in [7, 11) is 0. The van der Waals surface area contributed by atoms with Crippen LogP contribution in [0.2, 0.25) is 0 Å². The number of benzene rings is 2. The number of carbonyl (C=O) groups is 2. The topological polar surface area (TPSA) is 66.4 Å². The molecule has 0 fully saturated rings. The number of hydrogen-bond acceptors (Lipinski definition) is 2. The Morgan fingerprint density at radius 1 is 1.04 bits per heavy atom. The van der Waals surface area contributed by atoms with Gasteiger partial charge in [0.05, 0.1) is 0 Å². The minimum absolute atomic E-state index is 0.0264. The van der Waals surface area contributed by atoms with Gasteiger partial charge < -0.3 is 10.4 Å². The van der Waals surface area contributed by atoms with Gasteiger partial charge in [-0.3, -0.25) is 9.59 Å². The first-order valence-electron chi connectivity index (χ1n) is 7.49. The van der Waals surface area contributed by atoms with Crippen molar-refractivity contribution in [2.24, 2.45) is 0 Å². The first-order chi connectivity index (χ1) is 10.9. The Morgan fingerprint density at radius 2 is 1.70 bits per heavy atom. The lowest BCUT2D eigenvalue weighted by Crippen LogP contribution is -2.44. The van der Waals surface area contributed by atoms with E-state index in [1.807, 2.05) is 32.0 Å². The van der Waals surface area contributed by atoms with Crippen LogP contribution in [0.15, 0.2) is 48.5 Å². The maximum absolute atomic E-state index is 12.4. The summed E-state index contributed by atoms with van der Waals surface area (Å²) in [5, 5.41) is 12.4. The molecule has 0 bridgehead atoms. The molecule has 2 aromatic carbocycles. The summed E-state index contributed by atoms with van der Waals surface area (Å²) in [6.07, 6.45) is 0. The van der Waals surface area contributed by atoms with Gasteiger partial charge in [0.2, 0.25) is 0 Å². The SMILES string of the molecule is Cc1cccc(C(=O)NCC(C)(C(=O)O)c2ccccc2)c1C.